The molecular formula is C19H22N6. The summed E-state index contributed by atoms with van der Waals surface area (Å²) in [5.74, 6) is 2.96. The van der Waals surface area contributed by atoms with Gasteiger partial charge in [0, 0.05) is 55.5 Å². The zero-order valence-electron chi connectivity index (χ0n) is 14.4. The van der Waals surface area contributed by atoms with Crippen LogP contribution in [0.2, 0.25) is 0 Å². The number of benzene rings is 1. The Hall–Kier alpha value is -2.60. The minimum absolute atomic E-state index is 0.433. The Kier molecular flexibility index (Phi) is 4.52. The minimum Gasteiger partial charge on any atom is -0.313 e. The molecule has 25 heavy (non-hydrogen) atoms. The van der Waals surface area contributed by atoms with E-state index < -0.39 is 0 Å². The lowest BCUT2D eigenvalue weighted by Crippen LogP contribution is -2.37. The lowest BCUT2D eigenvalue weighted by Gasteiger charge is -2.25. The lowest BCUT2D eigenvalue weighted by atomic mass is 10.1. The number of hydrogen-bond acceptors (Lipinski definition) is 5. The molecule has 1 aliphatic rings. The normalized spacial score (nSPS) is 16.6. The maximum atomic E-state index is 4.49. The Morgan fingerprint density at radius 1 is 1.12 bits per heavy atom. The van der Waals surface area contributed by atoms with Crippen molar-refractivity contribution in [3.63, 3.8) is 0 Å². The number of aromatic nitrogens is 5. The van der Waals surface area contributed by atoms with Crippen LogP contribution in [0.15, 0.2) is 42.7 Å². The third-order valence-electron chi connectivity index (χ3n) is 4.67. The molecule has 1 aliphatic heterocycles. The van der Waals surface area contributed by atoms with E-state index in [0.717, 1.165) is 61.0 Å². The van der Waals surface area contributed by atoms with E-state index >= 15 is 0 Å². The van der Waals surface area contributed by atoms with E-state index in [-0.39, 0.29) is 0 Å². The summed E-state index contributed by atoms with van der Waals surface area (Å²) in [6, 6.07) is 10.5. The molecule has 6 nitrogen and oxygen atoms in total. The largest absolute Gasteiger partial charge is 0.313 e. The van der Waals surface area contributed by atoms with E-state index in [4.69, 9.17) is 0 Å². The highest BCUT2D eigenvalue weighted by atomic mass is 15.3. The van der Waals surface area contributed by atoms with Gasteiger partial charge in [0.15, 0.2) is 5.82 Å². The predicted molar refractivity (Wildman–Crippen MR) is 95.8 cm³/mol. The Labute approximate surface area is 147 Å². The topological polar surface area (TPSA) is 68.5 Å². The summed E-state index contributed by atoms with van der Waals surface area (Å²) in [7, 11) is 0. The van der Waals surface area contributed by atoms with Crippen molar-refractivity contribution in [3.8, 4) is 11.4 Å². The van der Waals surface area contributed by atoms with E-state index in [1.165, 1.54) is 0 Å². The van der Waals surface area contributed by atoms with E-state index in [1.807, 2.05) is 42.7 Å². The van der Waals surface area contributed by atoms with Gasteiger partial charge >= 0.3 is 0 Å². The van der Waals surface area contributed by atoms with Gasteiger partial charge in [-0.2, -0.15) is 0 Å². The molecule has 0 unspecified atom stereocenters. The number of nitrogens with zero attached hydrogens (tertiary/aromatic N) is 5. The maximum Gasteiger partial charge on any atom is 0.159 e. The van der Waals surface area contributed by atoms with Crippen LogP contribution >= 0.6 is 0 Å². The van der Waals surface area contributed by atoms with Crippen LogP contribution in [0, 0.1) is 0 Å². The first kappa shape index (κ1) is 15.9. The maximum absolute atomic E-state index is 4.49. The van der Waals surface area contributed by atoms with Crippen LogP contribution in [0.3, 0.4) is 0 Å². The zero-order chi connectivity index (χ0) is 17.1. The van der Waals surface area contributed by atoms with Crippen LogP contribution in [0.1, 0.15) is 30.6 Å². The molecule has 3 heterocycles. The molecule has 0 aliphatic carbocycles. The minimum atomic E-state index is 0.433. The first-order chi connectivity index (χ1) is 12.3. The third kappa shape index (κ3) is 3.44. The molecule has 3 aromatic rings. The summed E-state index contributed by atoms with van der Waals surface area (Å²) < 4.78 is 2.26. The number of fused-ring (bicyclic) bond motifs is 1. The van der Waals surface area contributed by atoms with Crippen molar-refractivity contribution in [1.82, 2.24) is 30.0 Å². The fourth-order valence-corrected chi connectivity index (χ4v) is 3.26. The molecule has 0 fully saturated rings. The van der Waals surface area contributed by atoms with Crippen LogP contribution in [0.5, 0.6) is 0 Å². The van der Waals surface area contributed by atoms with Crippen LogP contribution < -0.4 is 5.32 Å². The highest BCUT2D eigenvalue weighted by Gasteiger charge is 2.21. The SMILES string of the molecule is CCc1nnc2n1C[C@H](NCc1cnc(-c3ccccc3)nc1)CC2. The summed E-state index contributed by atoms with van der Waals surface area (Å²) >= 11 is 0. The van der Waals surface area contributed by atoms with Gasteiger partial charge < -0.3 is 9.88 Å². The number of rotatable bonds is 5. The highest BCUT2D eigenvalue weighted by Crippen LogP contribution is 2.16. The molecular weight excluding hydrogens is 312 g/mol. The molecule has 0 saturated carbocycles. The van der Waals surface area contributed by atoms with Gasteiger partial charge in [0.05, 0.1) is 0 Å². The van der Waals surface area contributed by atoms with Crippen molar-refractivity contribution >= 4 is 0 Å². The summed E-state index contributed by atoms with van der Waals surface area (Å²) in [5, 5.41) is 12.2. The van der Waals surface area contributed by atoms with Gasteiger partial charge in [0.2, 0.25) is 0 Å². The average molecular weight is 334 g/mol. The third-order valence-corrected chi connectivity index (χ3v) is 4.67. The van der Waals surface area contributed by atoms with E-state index in [9.17, 15) is 0 Å². The molecule has 4 rings (SSSR count). The van der Waals surface area contributed by atoms with Crippen molar-refractivity contribution in [1.29, 1.82) is 0 Å². The molecule has 0 spiro atoms. The van der Waals surface area contributed by atoms with Crippen molar-refractivity contribution in [2.45, 2.75) is 45.3 Å². The Bertz CT molecular complexity index is 811. The fraction of sp³-hybridized carbons (Fsp3) is 0.368. The molecule has 1 N–H and O–H groups in total. The summed E-state index contributed by atoms with van der Waals surface area (Å²) in [6.45, 7) is 3.84. The Morgan fingerprint density at radius 2 is 1.92 bits per heavy atom. The van der Waals surface area contributed by atoms with Gasteiger partial charge in [-0.3, -0.25) is 0 Å². The number of aryl methyl sites for hydroxylation is 2. The first-order valence-electron chi connectivity index (χ1n) is 8.84. The fourth-order valence-electron chi connectivity index (χ4n) is 3.26. The number of hydrogen-bond donors (Lipinski definition) is 1. The second-order valence-corrected chi connectivity index (χ2v) is 6.39. The summed E-state index contributed by atoms with van der Waals surface area (Å²) in [4.78, 5) is 8.98. The standard InChI is InChI=1S/C19H22N6/c1-2-17-23-24-18-9-8-16(13-25(17)18)20-10-14-11-21-19(22-12-14)15-6-4-3-5-7-15/h3-7,11-12,16,20H,2,8-10,13H2,1H3/t16-/m1/s1. The number of nitrogens with one attached hydrogen (secondary N) is 1. The van der Waals surface area contributed by atoms with Gasteiger partial charge in [-0.15, -0.1) is 10.2 Å². The molecule has 128 valence electrons. The van der Waals surface area contributed by atoms with Crippen LogP contribution in [0.25, 0.3) is 11.4 Å². The molecule has 6 heteroatoms. The van der Waals surface area contributed by atoms with E-state index in [0.29, 0.717) is 6.04 Å². The predicted octanol–water partition coefficient (Wildman–Crippen LogP) is 2.40. The van der Waals surface area contributed by atoms with Gasteiger partial charge in [-0.1, -0.05) is 37.3 Å². The molecule has 1 atom stereocenters. The Balaban J connectivity index is 1.37. The lowest BCUT2D eigenvalue weighted by molar-refractivity contribution is 0.373. The van der Waals surface area contributed by atoms with Crippen LogP contribution in [-0.2, 0) is 25.9 Å². The second-order valence-electron chi connectivity index (χ2n) is 6.39. The average Bonchev–Trinajstić information content (AvgIpc) is 3.10. The van der Waals surface area contributed by atoms with Gasteiger partial charge in [0.1, 0.15) is 11.6 Å². The van der Waals surface area contributed by atoms with Gasteiger partial charge in [-0.25, -0.2) is 9.97 Å². The van der Waals surface area contributed by atoms with E-state index in [1.54, 1.807) is 0 Å². The summed E-state index contributed by atoms with van der Waals surface area (Å²) in [5.41, 5.74) is 2.14. The molecule has 2 aromatic heterocycles. The zero-order valence-corrected chi connectivity index (χ0v) is 14.4. The molecule has 0 bridgehead atoms. The van der Waals surface area contributed by atoms with E-state index in [2.05, 4.69) is 37.0 Å². The van der Waals surface area contributed by atoms with Crippen molar-refractivity contribution in [2.75, 3.05) is 0 Å². The molecule has 0 saturated heterocycles. The van der Waals surface area contributed by atoms with Crippen LogP contribution in [0.4, 0.5) is 0 Å². The van der Waals surface area contributed by atoms with Crippen molar-refractivity contribution in [2.24, 2.45) is 0 Å². The van der Waals surface area contributed by atoms with Gasteiger partial charge in [0.25, 0.3) is 0 Å². The van der Waals surface area contributed by atoms with Crippen molar-refractivity contribution < 1.29 is 0 Å². The smallest absolute Gasteiger partial charge is 0.159 e. The Morgan fingerprint density at radius 3 is 2.68 bits per heavy atom. The summed E-state index contributed by atoms with van der Waals surface area (Å²) in [6.07, 6.45) is 6.81. The van der Waals surface area contributed by atoms with Crippen LogP contribution in [-0.4, -0.2) is 30.8 Å². The molecule has 0 amide bonds. The van der Waals surface area contributed by atoms with Gasteiger partial charge in [-0.05, 0) is 6.42 Å². The first-order valence-corrected chi connectivity index (χ1v) is 8.84. The highest BCUT2D eigenvalue weighted by molar-refractivity contribution is 5.53. The quantitative estimate of drug-likeness (QED) is 0.776. The monoisotopic (exact) mass is 334 g/mol. The second kappa shape index (κ2) is 7.11. The van der Waals surface area contributed by atoms with Crippen molar-refractivity contribution in [3.05, 3.63) is 59.9 Å². The molecule has 1 aromatic carbocycles. The molecule has 0 radical (unpaired) electrons.